The van der Waals surface area contributed by atoms with Gasteiger partial charge in [-0.1, -0.05) is 29.8 Å². The summed E-state index contributed by atoms with van der Waals surface area (Å²) in [4.78, 5) is 40.6. The summed E-state index contributed by atoms with van der Waals surface area (Å²) in [6.45, 7) is 7.54. The van der Waals surface area contributed by atoms with E-state index in [1.165, 1.54) is 12.5 Å². The normalized spacial score (nSPS) is 15.6. The molecule has 3 amide bonds. The molecule has 0 aromatic heterocycles. The highest BCUT2D eigenvalue weighted by Gasteiger charge is 2.25. The Kier molecular flexibility index (Phi) is 7.97. The Morgan fingerprint density at radius 1 is 0.844 bits per heavy atom. The van der Waals surface area contributed by atoms with Crippen molar-refractivity contribution in [3.8, 4) is 0 Å². The number of piperazine rings is 1. The largest absolute Gasteiger partial charge is 0.346 e. The van der Waals surface area contributed by atoms with Gasteiger partial charge in [0.15, 0.2) is 0 Å². The van der Waals surface area contributed by atoms with Crippen LogP contribution in [0.4, 0.5) is 11.4 Å². The van der Waals surface area contributed by atoms with E-state index in [9.17, 15) is 14.4 Å². The van der Waals surface area contributed by atoms with Gasteiger partial charge in [0.05, 0.1) is 6.04 Å². The summed E-state index contributed by atoms with van der Waals surface area (Å²) >= 11 is 0. The first kappa shape index (κ1) is 23.4. The van der Waals surface area contributed by atoms with E-state index >= 15 is 0 Å². The predicted molar refractivity (Wildman–Crippen MR) is 125 cm³/mol. The maximum Gasteiger partial charge on any atom is 0.313 e. The summed E-state index contributed by atoms with van der Waals surface area (Å²) in [5, 5.41) is 8.05. The van der Waals surface area contributed by atoms with Crippen LogP contribution in [0.3, 0.4) is 0 Å². The highest BCUT2D eigenvalue weighted by Crippen LogP contribution is 2.22. The molecule has 2 aromatic carbocycles. The van der Waals surface area contributed by atoms with Gasteiger partial charge >= 0.3 is 11.8 Å². The second-order valence-corrected chi connectivity index (χ2v) is 8.19. The zero-order chi connectivity index (χ0) is 23.1. The van der Waals surface area contributed by atoms with E-state index < -0.39 is 11.8 Å². The SMILES string of the molecule is CC(=O)Nc1ccc(NC(=O)C(=O)NC[C@@H](c2ccc(C)cc2)N2CCN(C)CC2)cc1. The van der Waals surface area contributed by atoms with E-state index in [1.54, 1.807) is 24.3 Å². The highest BCUT2D eigenvalue weighted by molar-refractivity contribution is 6.39. The molecule has 1 aliphatic heterocycles. The predicted octanol–water partition coefficient (Wildman–Crippen LogP) is 2.00. The zero-order valence-corrected chi connectivity index (χ0v) is 18.9. The summed E-state index contributed by atoms with van der Waals surface area (Å²) in [6, 6.07) is 14.9. The van der Waals surface area contributed by atoms with Crippen LogP contribution >= 0.6 is 0 Å². The molecular formula is C24H31N5O3. The van der Waals surface area contributed by atoms with Crippen LogP contribution in [0.5, 0.6) is 0 Å². The molecule has 0 aliphatic carbocycles. The number of carbonyl (C=O) groups is 3. The van der Waals surface area contributed by atoms with Crippen molar-refractivity contribution in [1.82, 2.24) is 15.1 Å². The van der Waals surface area contributed by atoms with Crippen LogP contribution in [0.2, 0.25) is 0 Å². The molecule has 1 heterocycles. The summed E-state index contributed by atoms with van der Waals surface area (Å²) in [5.41, 5.74) is 3.40. The number of carbonyl (C=O) groups excluding carboxylic acids is 3. The number of rotatable bonds is 6. The molecule has 0 saturated carbocycles. The lowest BCUT2D eigenvalue weighted by Gasteiger charge is -2.38. The fourth-order valence-electron chi connectivity index (χ4n) is 3.68. The van der Waals surface area contributed by atoms with Crippen LogP contribution in [0.25, 0.3) is 0 Å². The molecule has 3 N–H and O–H groups in total. The second-order valence-electron chi connectivity index (χ2n) is 8.19. The van der Waals surface area contributed by atoms with Gasteiger partial charge in [-0.25, -0.2) is 0 Å². The van der Waals surface area contributed by atoms with E-state index in [0.29, 0.717) is 17.9 Å². The lowest BCUT2D eigenvalue weighted by atomic mass is 10.0. The van der Waals surface area contributed by atoms with Gasteiger partial charge in [0.1, 0.15) is 0 Å². The van der Waals surface area contributed by atoms with Crippen LogP contribution in [0.1, 0.15) is 24.1 Å². The fourth-order valence-corrected chi connectivity index (χ4v) is 3.68. The maximum absolute atomic E-state index is 12.5. The van der Waals surface area contributed by atoms with Gasteiger partial charge in [-0.3, -0.25) is 19.3 Å². The van der Waals surface area contributed by atoms with E-state index in [2.05, 4.69) is 57.1 Å². The molecule has 3 rings (SSSR count). The molecule has 8 heteroatoms. The first-order chi connectivity index (χ1) is 15.3. The van der Waals surface area contributed by atoms with Gasteiger partial charge < -0.3 is 20.9 Å². The Labute approximate surface area is 189 Å². The van der Waals surface area contributed by atoms with Crippen LogP contribution < -0.4 is 16.0 Å². The van der Waals surface area contributed by atoms with E-state index in [-0.39, 0.29) is 11.9 Å². The number of nitrogens with one attached hydrogen (secondary N) is 3. The molecular weight excluding hydrogens is 406 g/mol. The number of benzene rings is 2. The smallest absolute Gasteiger partial charge is 0.313 e. The fraction of sp³-hybridized carbons (Fsp3) is 0.375. The minimum atomic E-state index is -0.724. The van der Waals surface area contributed by atoms with Gasteiger partial charge in [0.25, 0.3) is 0 Å². The average molecular weight is 438 g/mol. The Balaban J connectivity index is 1.60. The van der Waals surface area contributed by atoms with Gasteiger partial charge in [0, 0.05) is 51.0 Å². The minimum Gasteiger partial charge on any atom is -0.346 e. The number of aryl methyl sites for hydroxylation is 1. The standard InChI is InChI=1S/C24H31N5O3/c1-17-4-6-19(7-5-17)22(29-14-12-28(3)13-15-29)16-25-23(31)24(32)27-21-10-8-20(9-11-21)26-18(2)30/h4-11,22H,12-16H2,1-3H3,(H,25,31)(H,26,30)(H,27,32)/t22-/m0/s1. The summed E-state index contributed by atoms with van der Waals surface area (Å²) in [5.74, 6) is -1.58. The van der Waals surface area contributed by atoms with Crippen molar-refractivity contribution in [1.29, 1.82) is 0 Å². The number of anilines is 2. The van der Waals surface area contributed by atoms with Gasteiger partial charge in [-0.2, -0.15) is 0 Å². The summed E-state index contributed by atoms with van der Waals surface area (Å²) < 4.78 is 0. The number of hydrogen-bond donors (Lipinski definition) is 3. The third-order valence-corrected chi connectivity index (χ3v) is 5.57. The van der Waals surface area contributed by atoms with Crippen molar-refractivity contribution < 1.29 is 14.4 Å². The average Bonchev–Trinajstić information content (AvgIpc) is 2.77. The van der Waals surface area contributed by atoms with Crippen molar-refractivity contribution >= 4 is 29.1 Å². The van der Waals surface area contributed by atoms with E-state index in [1.807, 2.05) is 6.92 Å². The molecule has 1 aliphatic rings. The molecule has 0 radical (unpaired) electrons. The molecule has 1 atom stereocenters. The van der Waals surface area contributed by atoms with E-state index in [4.69, 9.17) is 0 Å². The Morgan fingerprint density at radius 3 is 1.97 bits per heavy atom. The Hall–Kier alpha value is -3.23. The van der Waals surface area contributed by atoms with Gasteiger partial charge in [-0.05, 0) is 43.8 Å². The van der Waals surface area contributed by atoms with Crippen molar-refractivity contribution in [2.75, 3.05) is 50.4 Å². The molecule has 0 unspecified atom stereocenters. The van der Waals surface area contributed by atoms with Crippen LogP contribution in [0, 0.1) is 6.92 Å². The number of hydrogen-bond acceptors (Lipinski definition) is 5. The van der Waals surface area contributed by atoms with Crippen molar-refractivity contribution in [3.63, 3.8) is 0 Å². The van der Waals surface area contributed by atoms with Gasteiger partial charge in [-0.15, -0.1) is 0 Å². The monoisotopic (exact) mass is 437 g/mol. The van der Waals surface area contributed by atoms with Crippen LogP contribution in [-0.2, 0) is 14.4 Å². The number of amides is 3. The first-order valence-corrected chi connectivity index (χ1v) is 10.8. The summed E-state index contributed by atoms with van der Waals surface area (Å²) in [7, 11) is 2.10. The number of likely N-dealkylation sites (N-methyl/N-ethyl adjacent to an activating group) is 1. The molecule has 32 heavy (non-hydrogen) atoms. The van der Waals surface area contributed by atoms with Crippen molar-refractivity contribution in [2.45, 2.75) is 19.9 Å². The van der Waals surface area contributed by atoms with Gasteiger partial charge in [0.2, 0.25) is 5.91 Å². The first-order valence-electron chi connectivity index (χ1n) is 10.8. The lowest BCUT2D eigenvalue weighted by Crippen LogP contribution is -2.49. The van der Waals surface area contributed by atoms with E-state index in [0.717, 1.165) is 31.7 Å². The zero-order valence-electron chi connectivity index (χ0n) is 18.9. The molecule has 0 bridgehead atoms. The summed E-state index contributed by atoms with van der Waals surface area (Å²) in [6.07, 6.45) is 0. The Morgan fingerprint density at radius 2 is 1.41 bits per heavy atom. The van der Waals surface area contributed by atoms with Crippen LogP contribution in [-0.4, -0.2) is 67.3 Å². The van der Waals surface area contributed by atoms with Crippen LogP contribution in [0.15, 0.2) is 48.5 Å². The van der Waals surface area contributed by atoms with Crippen molar-refractivity contribution in [2.24, 2.45) is 0 Å². The second kappa shape index (κ2) is 10.9. The maximum atomic E-state index is 12.5. The van der Waals surface area contributed by atoms with Crippen molar-refractivity contribution in [3.05, 3.63) is 59.7 Å². The third kappa shape index (κ3) is 6.63. The molecule has 8 nitrogen and oxygen atoms in total. The molecule has 1 saturated heterocycles. The number of nitrogens with zero attached hydrogens (tertiary/aromatic N) is 2. The minimum absolute atomic E-state index is 0.00186. The lowest BCUT2D eigenvalue weighted by molar-refractivity contribution is -0.136. The highest BCUT2D eigenvalue weighted by atomic mass is 16.2. The quantitative estimate of drug-likeness (QED) is 0.601. The Bertz CT molecular complexity index is 935. The topological polar surface area (TPSA) is 93.8 Å². The third-order valence-electron chi connectivity index (χ3n) is 5.57. The molecule has 170 valence electrons. The molecule has 1 fully saturated rings. The molecule has 2 aromatic rings. The molecule has 0 spiro atoms.